The zero-order valence-electron chi connectivity index (χ0n) is 14.8. The van der Waals surface area contributed by atoms with E-state index in [2.05, 4.69) is 10.6 Å². The molecule has 1 heterocycles. The lowest BCUT2D eigenvalue weighted by atomic mass is 9.65. The molecule has 3 fully saturated rings. The minimum absolute atomic E-state index is 0. The van der Waals surface area contributed by atoms with E-state index >= 15 is 0 Å². The molecule has 142 valence electrons. The molecule has 6 nitrogen and oxygen atoms in total. The van der Waals surface area contributed by atoms with Gasteiger partial charge in [-0.25, -0.2) is 4.79 Å². The van der Waals surface area contributed by atoms with Crippen molar-refractivity contribution < 1.29 is 9.59 Å². The molecule has 4 N–H and O–H groups in total. The molecule has 0 radical (unpaired) electrons. The Morgan fingerprint density at radius 2 is 1.96 bits per heavy atom. The van der Waals surface area contributed by atoms with E-state index in [4.69, 9.17) is 5.73 Å². The van der Waals surface area contributed by atoms with Crippen LogP contribution in [0.2, 0.25) is 0 Å². The van der Waals surface area contributed by atoms with E-state index in [9.17, 15) is 9.59 Å². The van der Waals surface area contributed by atoms with Crippen LogP contribution in [0.1, 0.15) is 32.1 Å². The number of nitrogens with zero attached hydrogens (tertiary/aromatic N) is 1. The van der Waals surface area contributed by atoms with Gasteiger partial charge in [-0.2, -0.15) is 0 Å². The number of carbonyl (C=O) groups is 2. The minimum Gasteiger partial charge on any atom is -0.336 e. The number of halogens is 1. The van der Waals surface area contributed by atoms with Crippen LogP contribution in [0, 0.1) is 17.8 Å². The fourth-order valence-corrected chi connectivity index (χ4v) is 4.72. The predicted octanol–water partition coefficient (Wildman–Crippen LogP) is 2.73. The summed E-state index contributed by atoms with van der Waals surface area (Å²) in [6.45, 7) is 1.31. The van der Waals surface area contributed by atoms with Crippen LogP contribution in [0.3, 0.4) is 0 Å². The molecule has 2 saturated carbocycles. The Bertz CT molecular complexity index is 669. The van der Waals surface area contributed by atoms with Crippen molar-refractivity contribution in [2.75, 3.05) is 23.3 Å². The number of nitrogens with two attached hydrogens (primary N) is 1. The van der Waals surface area contributed by atoms with Crippen LogP contribution in [0.15, 0.2) is 24.3 Å². The SMILES string of the molecule is Cl.NC1C2CCCC1CC(C(=O)Nc1cccc(N3CCNC3=O)c1)C2. The first-order chi connectivity index (χ1) is 12.1. The van der Waals surface area contributed by atoms with Gasteiger partial charge in [0.05, 0.1) is 0 Å². The van der Waals surface area contributed by atoms with Crippen LogP contribution in [-0.2, 0) is 4.79 Å². The van der Waals surface area contributed by atoms with E-state index in [0.29, 0.717) is 24.9 Å². The lowest BCUT2D eigenvalue weighted by Gasteiger charge is -2.43. The van der Waals surface area contributed by atoms with Crippen molar-refractivity contribution in [2.45, 2.75) is 38.1 Å². The summed E-state index contributed by atoms with van der Waals surface area (Å²) < 4.78 is 0. The summed E-state index contributed by atoms with van der Waals surface area (Å²) >= 11 is 0. The van der Waals surface area contributed by atoms with E-state index in [1.807, 2.05) is 24.3 Å². The number of benzene rings is 1. The van der Waals surface area contributed by atoms with E-state index < -0.39 is 0 Å². The smallest absolute Gasteiger partial charge is 0.321 e. The summed E-state index contributed by atoms with van der Waals surface area (Å²) in [5, 5.41) is 5.85. The van der Waals surface area contributed by atoms with Crippen LogP contribution in [-0.4, -0.2) is 31.1 Å². The molecular weight excluding hydrogens is 352 g/mol. The number of anilines is 2. The average Bonchev–Trinajstić information content (AvgIpc) is 3.01. The van der Waals surface area contributed by atoms with Crippen LogP contribution in [0.5, 0.6) is 0 Å². The third-order valence-electron chi connectivity index (χ3n) is 6.07. The first kappa shape index (κ1) is 19.0. The van der Waals surface area contributed by atoms with Crippen LogP contribution < -0.4 is 21.3 Å². The van der Waals surface area contributed by atoms with Gasteiger partial charge in [0, 0.05) is 36.4 Å². The molecule has 1 aliphatic heterocycles. The van der Waals surface area contributed by atoms with Crippen LogP contribution in [0.25, 0.3) is 0 Å². The normalized spacial score (nSPS) is 30.3. The maximum Gasteiger partial charge on any atom is 0.321 e. The molecule has 4 rings (SSSR count). The average molecular weight is 379 g/mol. The topological polar surface area (TPSA) is 87.5 Å². The number of nitrogens with one attached hydrogen (secondary N) is 2. The van der Waals surface area contributed by atoms with Gasteiger partial charge in [-0.15, -0.1) is 12.4 Å². The highest BCUT2D eigenvalue weighted by Gasteiger charge is 2.40. The highest BCUT2D eigenvalue weighted by Crippen LogP contribution is 2.42. The lowest BCUT2D eigenvalue weighted by Crippen LogP contribution is -2.48. The molecular formula is C19H27ClN4O2. The highest BCUT2D eigenvalue weighted by atomic mass is 35.5. The van der Waals surface area contributed by atoms with Crippen molar-refractivity contribution in [3.8, 4) is 0 Å². The van der Waals surface area contributed by atoms with E-state index in [1.54, 1.807) is 4.90 Å². The van der Waals surface area contributed by atoms with Gasteiger partial charge in [0.2, 0.25) is 5.91 Å². The van der Waals surface area contributed by atoms with Gasteiger partial charge in [0.15, 0.2) is 0 Å². The molecule has 26 heavy (non-hydrogen) atoms. The van der Waals surface area contributed by atoms with Gasteiger partial charge in [-0.05, 0) is 55.7 Å². The summed E-state index contributed by atoms with van der Waals surface area (Å²) in [6, 6.07) is 7.71. The third-order valence-corrected chi connectivity index (χ3v) is 6.07. The second-order valence-electron chi connectivity index (χ2n) is 7.62. The molecule has 7 heteroatoms. The molecule has 3 amide bonds. The summed E-state index contributed by atoms with van der Waals surface area (Å²) in [5.74, 6) is 1.12. The lowest BCUT2D eigenvalue weighted by molar-refractivity contribution is -0.122. The largest absolute Gasteiger partial charge is 0.336 e. The number of fused-ring (bicyclic) bond motifs is 2. The quantitative estimate of drug-likeness (QED) is 0.755. The summed E-state index contributed by atoms with van der Waals surface area (Å²) in [4.78, 5) is 26.3. The second kappa shape index (κ2) is 7.84. The second-order valence-corrected chi connectivity index (χ2v) is 7.62. The van der Waals surface area contributed by atoms with Gasteiger partial charge in [-0.1, -0.05) is 12.5 Å². The molecule has 2 unspecified atom stereocenters. The molecule has 2 aliphatic carbocycles. The Labute approximate surface area is 160 Å². The van der Waals surface area contributed by atoms with Gasteiger partial charge in [0.1, 0.15) is 0 Å². The van der Waals surface area contributed by atoms with E-state index in [1.165, 1.54) is 6.42 Å². The van der Waals surface area contributed by atoms with Gasteiger partial charge < -0.3 is 16.4 Å². The first-order valence-corrected chi connectivity index (χ1v) is 9.33. The Hall–Kier alpha value is -1.79. The monoisotopic (exact) mass is 378 g/mol. The first-order valence-electron chi connectivity index (χ1n) is 9.33. The summed E-state index contributed by atoms with van der Waals surface area (Å²) in [7, 11) is 0. The van der Waals surface area contributed by atoms with Crippen molar-refractivity contribution in [2.24, 2.45) is 23.5 Å². The van der Waals surface area contributed by atoms with Crippen molar-refractivity contribution in [3.63, 3.8) is 0 Å². The molecule has 1 aromatic rings. The number of rotatable bonds is 3. The third kappa shape index (κ3) is 3.67. The number of hydrogen-bond donors (Lipinski definition) is 3. The standard InChI is InChI=1S/C19H26N4O2.ClH/c20-17-12-3-1-4-13(17)10-14(9-12)18(24)22-15-5-2-6-16(11-15)23-8-7-21-19(23)25;/h2,5-6,11-14,17H,1,3-4,7-10,20H2,(H,21,25)(H,22,24);1H. The number of carbonyl (C=O) groups excluding carboxylic acids is 2. The maximum atomic E-state index is 12.8. The Morgan fingerprint density at radius 3 is 2.62 bits per heavy atom. The predicted molar refractivity (Wildman–Crippen MR) is 105 cm³/mol. The van der Waals surface area contributed by atoms with Crippen LogP contribution >= 0.6 is 12.4 Å². The molecule has 0 spiro atoms. The van der Waals surface area contributed by atoms with E-state index in [-0.39, 0.29) is 36.3 Å². The fourth-order valence-electron chi connectivity index (χ4n) is 4.72. The van der Waals surface area contributed by atoms with Gasteiger partial charge in [-0.3, -0.25) is 9.69 Å². The zero-order valence-corrected chi connectivity index (χ0v) is 15.6. The molecule has 2 atom stereocenters. The number of amides is 3. The maximum absolute atomic E-state index is 12.8. The zero-order chi connectivity index (χ0) is 17.4. The molecule has 2 bridgehead atoms. The summed E-state index contributed by atoms with van der Waals surface area (Å²) in [5.41, 5.74) is 7.89. The van der Waals surface area contributed by atoms with Gasteiger partial charge in [0.25, 0.3) is 0 Å². The minimum atomic E-state index is -0.0856. The number of urea groups is 1. The molecule has 3 aliphatic rings. The van der Waals surface area contributed by atoms with Crippen molar-refractivity contribution in [3.05, 3.63) is 24.3 Å². The summed E-state index contributed by atoms with van der Waals surface area (Å²) in [6.07, 6.45) is 5.36. The Balaban J connectivity index is 0.00000196. The molecule has 1 saturated heterocycles. The van der Waals surface area contributed by atoms with E-state index in [0.717, 1.165) is 37.1 Å². The van der Waals surface area contributed by atoms with Crippen molar-refractivity contribution in [1.82, 2.24) is 5.32 Å². The molecule has 0 aromatic heterocycles. The van der Waals surface area contributed by atoms with Crippen molar-refractivity contribution in [1.29, 1.82) is 0 Å². The van der Waals surface area contributed by atoms with Gasteiger partial charge >= 0.3 is 6.03 Å². The highest BCUT2D eigenvalue weighted by molar-refractivity contribution is 5.96. The Morgan fingerprint density at radius 1 is 1.23 bits per heavy atom. The number of hydrogen-bond acceptors (Lipinski definition) is 3. The van der Waals surface area contributed by atoms with Crippen molar-refractivity contribution >= 4 is 35.7 Å². The molecule has 1 aromatic carbocycles. The van der Waals surface area contributed by atoms with Crippen LogP contribution in [0.4, 0.5) is 16.2 Å². The fraction of sp³-hybridized carbons (Fsp3) is 0.579. The Kier molecular flexibility index (Phi) is 5.73.